The van der Waals surface area contributed by atoms with E-state index in [1.807, 2.05) is 56.3 Å². The van der Waals surface area contributed by atoms with Gasteiger partial charge in [-0.15, -0.1) is 11.8 Å². The van der Waals surface area contributed by atoms with Crippen molar-refractivity contribution in [2.45, 2.75) is 18.7 Å². The summed E-state index contributed by atoms with van der Waals surface area (Å²) in [5, 5.41) is 2.95. The number of hydrogen-bond acceptors (Lipinski definition) is 3. The van der Waals surface area contributed by atoms with E-state index in [2.05, 4.69) is 5.32 Å². The molecule has 2 aromatic carbocycles. The number of anilines is 2. The van der Waals surface area contributed by atoms with E-state index >= 15 is 0 Å². The molecule has 0 aromatic heterocycles. The molecule has 3 nitrogen and oxygen atoms in total. The van der Waals surface area contributed by atoms with Gasteiger partial charge >= 0.3 is 0 Å². The first-order chi connectivity index (χ1) is 9.58. The van der Waals surface area contributed by atoms with Gasteiger partial charge in [0.2, 0.25) is 5.91 Å². The van der Waals surface area contributed by atoms with Gasteiger partial charge in [-0.1, -0.05) is 24.3 Å². The fourth-order valence-electron chi connectivity index (χ4n) is 1.90. The second-order valence-electron chi connectivity index (χ2n) is 4.62. The summed E-state index contributed by atoms with van der Waals surface area (Å²) in [5.74, 6) is 0.369. The molecular formula is C16H18N2OS. The third-order valence-electron chi connectivity index (χ3n) is 3.09. The number of benzene rings is 2. The Morgan fingerprint density at radius 2 is 1.85 bits per heavy atom. The Kier molecular flexibility index (Phi) is 4.69. The van der Waals surface area contributed by atoms with Crippen LogP contribution in [0.5, 0.6) is 0 Å². The van der Waals surface area contributed by atoms with Crippen molar-refractivity contribution in [1.29, 1.82) is 0 Å². The van der Waals surface area contributed by atoms with Gasteiger partial charge in [0.15, 0.2) is 0 Å². The van der Waals surface area contributed by atoms with Gasteiger partial charge in [-0.3, -0.25) is 4.79 Å². The van der Waals surface area contributed by atoms with E-state index in [0.29, 0.717) is 11.4 Å². The lowest BCUT2D eigenvalue weighted by molar-refractivity contribution is -0.113. The Bertz CT molecular complexity index is 611. The molecule has 0 heterocycles. The van der Waals surface area contributed by atoms with Crippen molar-refractivity contribution in [1.82, 2.24) is 0 Å². The number of carbonyl (C=O) groups is 1. The molecule has 0 spiro atoms. The lowest BCUT2D eigenvalue weighted by Crippen LogP contribution is -2.16. The topological polar surface area (TPSA) is 55.1 Å². The van der Waals surface area contributed by atoms with E-state index in [1.165, 1.54) is 11.8 Å². The Morgan fingerprint density at radius 1 is 1.15 bits per heavy atom. The number of rotatable bonds is 4. The van der Waals surface area contributed by atoms with Crippen LogP contribution < -0.4 is 11.1 Å². The maximum Gasteiger partial charge on any atom is 0.234 e. The van der Waals surface area contributed by atoms with Crippen molar-refractivity contribution < 1.29 is 4.79 Å². The smallest absolute Gasteiger partial charge is 0.234 e. The molecule has 0 fully saturated rings. The minimum atomic E-state index is -0.0179. The summed E-state index contributed by atoms with van der Waals surface area (Å²) in [7, 11) is 0. The summed E-state index contributed by atoms with van der Waals surface area (Å²) in [5.41, 5.74) is 9.33. The predicted molar refractivity (Wildman–Crippen MR) is 86.1 cm³/mol. The van der Waals surface area contributed by atoms with E-state index in [0.717, 1.165) is 21.7 Å². The molecule has 0 aliphatic heterocycles. The quantitative estimate of drug-likeness (QED) is 0.667. The van der Waals surface area contributed by atoms with Crippen LogP contribution in [-0.4, -0.2) is 11.7 Å². The van der Waals surface area contributed by atoms with Crippen molar-refractivity contribution in [3.63, 3.8) is 0 Å². The molecule has 0 aliphatic carbocycles. The first-order valence-electron chi connectivity index (χ1n) is 6.41. The molecule has 104 valence electrons. The van der Waals surface area contributed by atoms with Gasteiger partial charge in [0.1, 0.15) is 0 Å². The molecule has 0 unspecified atom stereocenters. The summed E-state index contributed by atoms with van der Waals surface area (Å²) in [4.78, 5) is 13.1. The van der Waals surface area contributed by atoms with E-state index < -0.39 is 0 Å². The zero-order valence-corrected chi connectivity index (χ0v) is 12.5. The standard InChI is InChI=1S/C16H18N2OS/c1-11-8-9-14(17)12(2)16(11)18-15(19)10-20-13-6-4-3-5-7-13/h3-9H,10,17H2,1-2H3,(H,18,19). The van der Waals surface area contributed by atoms with Crippen molar-refractivity contribution in [3.8, 4) is 0 Å². The zero-order valence-electron chi connectivity index (χ0n) is 11.6. The zero-order chi connectivity index (χ0) is 14.5. The van der Waals surface area contributed by atoms with Gasteiger partial charge in [-0.25, -0.2) is 0 Å². The number of aryl methyl sites for hydroxylation is 1. The second kappa shape index (κ2) is 6.48. The van der Waals surface area contributed by atoms with E-state index in [4.69, 9.17) is 5.73 Å². The molecule has 0 aliphatic rings. The molecule has 4 heteroatoms. The summed E-state index contributed by atoms with van der Waals surface area (Å²) < 4.78 is 0. The largest absolute Gasteiger partial charge is 0.398 e. The highest BCUT2D eigenvalue weighted by atomic mass is 32.2. The number of nitrogen functional groups attached to an aromatic ring is 1. The highest BCUT2D eigenvalue weighted by Crippen LogP contribution is 2.25. The minimum Gasteiger partial charge on any atom is -0.398 e. The minimum absolute atomic E-state index is 0.0179. The number of amides is 1. The molecule has 1 amide bonds. The van der Waals surface area contributed by atoms with Gasteiger partial charge < -0.3 is 11.1 Å². The Morgan fingerprint density at radius 3 is 2.55 bits per heavy atom. The van der Waals surface area contributed by atoms with Crippen LogP contribution >= 0.6 is 11.8 Å². The molecule has 2 rings (SSSR count). The van der Waals surface area contributed by atoms with E-state index in [-0.39, 0.29) is 5.91 Å². The monoisotopic (exact) mass is 286 g/mol. The Hall–Kier alpha value is -1.94. The lowest BCUT2D eigenvalue weighted by atomic mass is 10.1. The van der Waals surface area contributed by atoms with Crippen LogP contribution in [0.25, 0.3) is 0 Å². The van der Waals surface area contributed by atoms with E-state index in [1.54, 1.807) is 0 Å². The molecule has 3 N–H and O–H groups in total. The fraction of sp³-hybridized carbons (Fsp3) is 0.188. The summed E-state index contributed by atoms with van der Waals surface area (Å²) >= 11 is 1.52. The molecule has 0 saturated carbocycles. The van der Waals surface area contributed by atoms with Crippen molar-refractivity contribution in [3.05, 3.63) is 53.6 Å². The summed E-state index contributed by atoms with van der Waals surface area (Å²) in [6.07, 6.45) is 0. The highest BCUT2D eigenvalue weighted by molar-refractivity contribution is 8.00. The van der Waals surface area contributed by atoms with Gasteiger partial charge in [0, 0.05) is 16.3 Å². The average molecular weight is 286 g/mol. The molecule has 0 atom stereocenters. The maximum absolute atomic E-state index is 12.0. The number of nitrogens with two attached hydrogens (primary N) is 1. The van der Waals surface area contributed by atoms with Crippen LogP contribution in [0.15, 0.2) is 47.4 Å². The average Bonchev–Trinajstić information content (AvgIpc) is 2.46. The molecular weight excluding hydrogens is 268 g/mol. The summed E-state index contributed by atoms with van der Waals surface area (Å²) in [6.45, 7) is 3.88. The van der Waals surface area contributed by atoms with Crippen LogP contribution in [0.1, 0.15) is 11.1 Å². The first-order valence-corrected chi connectivity index (χ1v) is 7.40. The molecule has 0 saturated heterocycles. The lowest BCUT2D eigenvalue weighted by Gasteiger charge is -2.13. The van der Waals surface area contributed by atoms with Crippen molar-refractivity contribution >= 4 is 29.0 Å². The molecule has 0 bridgehead atoms. The van der Waals surface area contributed by atoms with Crippen molar-refractivity contribution in [2.75, 3.05) is 16.8 Å². The normalized spacial score (nSPS) is 10.3. The van der Waals surface area contributed by atoms with Gasteiger partial charge in [-0.2, -0.15) is 0 Å². The number of nitrogens with one attached hydrogen (secondary N) is 1. The number of thioether (sulfide) groups is 1. The fourth-order valence-corrected chi connectivity index (χ4v) is 2.62. The van der Waals surface area contributed by atoms with Crippen LogP contribution in [0, 0.1) is 13.8 Å². The van der Waals surface area contributed by atoms with Crippen LogP contribution in [0.4, 0.5) is 11.4 Å². The third-order valence-corrected chi connectivity index (χ3v) is 4.10. The van der Waals surface area contributed by atoms with Gasteiger partial charge in [0.05, 0.1) is 5.75 Å². The molecule has 20 heavy (non-hydrogen) atoms. The highest BCUT2D eigenvalue weighted by Gasteiger charge is 2.09. The Labute approximate surface area is 123 Å². The number of hydrogen-bond donors (Lipinski definition) is 2. The number of carbonyl (C=O) groups excluding carboxylic acids is 1. The van der Waals surface area contributed by atoms with Crippen LogP contribution in [-0.2, 0) is 4.79 Å². The van der Waals surface area contributed by atoms with Crippen LogP contribution in [0.3, 0.4) is 0 Å². The first kappa shape index (κ1) is 14.5. The molecule has 0 radical (unpaired) electrons. The second-order valence-corrected chi connectivity index (χ2v) is 5.67. The van der Waals surface area contributed by atoms with Gasteiger partial charge in [0.25, 0.3) is 0 Å². The summed E-state index contributed by atoms with van der Waals surface area (Å²) in [6, 6.07) is 13.7. The predicted octanol–water partition coefficient (Wildman–Crippen LogP) is 3.62. The van der Waals surface area contributed by atoms with Crippen molar-refractivity contribution in [2.24, 2.45) is 0 Å². The SMILES string of the molecule is Cc1ccc(N)c(C)c1NC(=O)CSc1ccccc1. The molecule has 2 aromatic rings. The van der Waals surface area contributed by atoms with Gasteiger partial charge in [-0.05, 0) is 43.2 Å². The third kappa shape index (κ3) is 3.54. The maximum atomic E-state index is 12.0. The van der Waals surface area contributed by atoms with E-state index in [9.17, 15) is 4.79 Å². The Balaban J connectivity index is 2.00. The van der Waals surface area contributed by atoms with Crippen LogP contribution in [0.2, 0.25) is 0 Å².